The lowest BCUT2D eigenvalue weighted by atomic mass is 10.0. The Labute approximate surface area is 209 Å². The summed E-state index contributed by atoms with van der Waals surface area (Å²) in [6, 6.07) is 12.6. The van der Waals surface area contributed by atoms with Gasteiger partial charge in [0.25, 0.3) is 5.91 Å². The summed E-state index contributed by atoms with van der Waals surface area (Å²) in [6.45, 7) is -0.405. The largest absolute Gasteiger partial charge is 0.755 e. The van der Waals surface area contributed by atoms with Gasteiger partial charge in [-0.2, -0.15) is 0 Å². The van der Waals surface area contributed by atoms with E-state index < -0.39 is 29.7 Å². The first-order chi connectivity index (χ1) is 17.2. The van der Waals surface area contributed by atoms with Crippen LogP contribution in [0, 0.1) is 0 Å². The van der Waals surface area contributed by atoms with Gasteiger partial charge in [-0.25, -0.2) is 4.68 Å². The molecule has 0 saturated carbocycles. The molecule has 3 aromatic carbocycles. The summed E-state index contributed by atoms with van der Waals surface area (Å²) in [7, 11) is 0. The fourth-order valence-electron chi connectivity index (χ4n) is 3.32. The molecule has 1 amide bonds. The molecule has 0 fully saturated rings. The third kappa shape index (κ3) is 5.54. The number of amides is 1. The van der Waals surface area contributed by atoms with Gasteiger partial charge in [0.2, 0.25) is 5.16 Å². The number of nitrogens with zero attached hydrogens (tertiary/aromatic N) is 4. The van der Waals surface area contributed by atoms with Crippen LogP contribution in [0.1, 0.15) is 15.9 Å². The molecular weight excluding hydrogens is 512 g/mol. The third-order valence-electron chi connectivity index (χ3n) is 4.85. The summed E-state index contributed by atoms with van der Waals surface area (Å²) in [5.74, 6) is -1.67. The minimum absolute atomic E-state index is 0.101. The van der Waals surface area contributed by atoms with Crippen molar-refractivity contribution in [1.82, 2.24) is 20.2 Å². The van der Waals surface area contributed by atoms with Crippen LogP contribution in [0.15, 0.2) is 53.7 Å². The zero-order valence-corrected chi connectivity index (χ0v) is 19.8. The molecule has 15 heteroatoms. The van der Waals surface area contributed by atoms with Crippen LogP contribution in [0.5, 0.6) is 17.2 Å². The van der Waals surface area contributed by atoms with Crippen molar-refractivity contribution in [2.45, 2.75) is 17.5 Å². The number of hydrogen-bond acceptors (Lipinski definition) is 10. The Morgan fingerprint density at radius 3 is 2.61 bits per heavy atom. The lowest BCUT2D eigenvalue weighted by molar-refractivity contribution is -0.138. The molecule has 0 aliphatic carbocycles. The minimum Gasteiger partial charge on any atom is -0.755 e. The van der Waals surface area contributed by atoms with Gasteiger partial charge in [0.1, 0.15) is 18.0 Å². The maximum absolute atomic E-state index is 11.8. The number of ether oxygens (including phenoxy) is 1. The van der Waals surface area contributed by atoms with Gasteiger partial charge < -0.3 is 30.0 Å². The highest BCUT2D eigenvalue weighted by Crippen LogP contribution is 2.40. The number of nitrogens with one attached hydrogen (secondary N) is 1. The summed E-state index contributed by atoms with van der Waals surface area (Å²) in [5, 5.41) is 31.3. The molecule has 0 spiro atoms. The van der Waals surface area contributed by atoms with E-state index >= 15 is 0 Å². The summed E-state index contributed by atoms with van der Waals surface area (Å²) >= 11 is -1.53. The monoisotopic (exact) mass is 529 g/mol. The number of carboxylic acid groups (broad SMARTS) is 1. The number of nitrogens with two attached hydrogens (primary N) is 1. The fraction of sp³-hybridized carbons (Fsp3) is 0.0952. The van der Waals surface area contributed by atoms with Crippen molar-refractivity contribution < 1.29 is 33.3 Å². The number of tetrazole rings is 1. The van der Waals surface area contributed by atoms with E-state index in [1.165, 1.54) is 18.2 Å². The molecule has 5 N–H and O–H groups in total. The Bertz CT molecular complexity index is 1490. The second kappa shape index (κ2) is 10.6. The number of aromatic hydroxyl groups is 1. The van der Waals surface area contributed by atoms with Crippen LogP contribution in [-0.2, 0) is 28.4 Å². The Morgan fingerprint density at radius 1 is 1.17 bits per heavy atom. The van der Waals surface area contributed by atoms with Gasteiger partial charge in [-0.05, 0) is 34.2 Å². The van der Waals surface area contributed by atoms with Crippen molar-refractivity contribution >= 4 is 51.4 Å². The predicted molar refractivity (Wildman–Crippen MR) is 128 cm³/mol. The normalized spacial score (nSPS) is 11.8. The molecule has 186 valence electrons. The number of carbonyl (C=O) groups is 2. The maximum Gasteiger partial charge on any atom is 0.325 e. The Hall–Kier alpha value is -4.21. The first-order valence-electron chi connectivity index (χ1n) is 10.0. The first kappa shape index (κ1) is 24.9. The Morgan fingerprint density at radius 2 is 1.92 bits per heavy atom. The zero-order valence-electron chi connectivity index (χ0n) is 18.2. The molecule has 36 heavy (non-hydrogen) atoms. The average Bonchev–Trinajstić information content (AvgIpc) is 3.26. The number of anilines is 1. The molecule has 0 saturated heterocycles. The van der Waals surface area contributed by atoms with Crippen LogP contribution in [0.25, 0.3) is 10.8 Å². The molecule has 1 heterocycles. The fourth-order valence-corrected chi connectivity index (χ4v) is 4.48. The van der Waals surface area contributed by atoms with Gasteiger partial charge in [-0.3, -0.25) is 13.8 Å². The van der Waals surface area contributed by atoms with E-state index in [9.17, 15) is 23.5 Å². The molecule has 0 radical (unpaired) electrons. The third-order valence-corrected chi connectivity index (χ3v) is 6.27. The second-order valence-corrected chi connectivity index (χ2v) is 8.87. The van der Waals surface area contributed by atoms with Gasteiger partial charge in [0.15, 0.2) is 5.75 Å². The molecule has 0 aliphatic rings. The predicted octanol–water partition coefficient (Wildman–Crippen LogP) is 2.01. The first-order valence-corrected chi connectivity index (χ1v) is 12.1. The Balaban J connectivity index is 1.66. The van der Waals surface area contributed by atoms with Gasteiger partial charge in [0, 0.05) is 27.8 Å². The molecule has 4 aromatic rings. The molecule has 4 rings (SSSR count). The maximum atomic E-state index is 11.8. The SMILES string of the molecule is NC(=O)c1cc(Oc2ccc(CSc3nnnn3CC(=O)O)cc2NS(=O)[O-])c2ccccc2c1O. The molecule has 1 unspecified atom stereocenters. The quantitative estimate of drug-likeness (QED) is 0.173. The number of primary amides is 1. The number of carboxylic acids is 1. The number of fused-ring (bicyclic) bond motifs is 1. The van der Waals surface area contributed by atoms with Crippen molar-refractivity contribution in [1.29, 1.82) is 0 Å². The highest BCUT2D eigenvalue weighted by atomic mass is 32.2. The van der Waals surface area contributed by atoms with Crippen LogP contribution in [-0.4, -0.2) is 51.1 Å². The van der Waals surface area contributed by atoms with Crippen molar-refractivity contribution in [2.75, 3.05) is 4.72 Å². The van der Waals surface area contributed by atoms with E-state index in [4.69, 9.17) is 15.6 Å². The number of aromatic nitrogens is 4. The van der Waals surface area contributed by atoms with E-state index in [0.717, 1.165) is 16.4 Å². The van der Waals surface area contributed by atoms with Crippen LogP contribution >= 0.6 is 11.8 Å². The number of rotatable bonds is 10. The van der Waals surface area contributed by atoms with E-state index in [1.807, 2.05) is 0 Å². The van der Waals surface area contributed by atoms with Crippen LogP contribution < -0.4 is 15.2 Å². The van der Waals surface area contributed by atoms with Gasteiger partial charge in [-0.15, -0.1) is 5.10 Å². The second-order valence-electron chi connectivity index (χ2n) is 7.25. The topological polar surface area (TPSA) is 206 Å². The number of hydrogen-bond donors (Lipinski definition) is 4. The summed E-state index contributed by atoms with van der Waals surface area (Å²) in [5.41, 5.74) is 5.99. The van der Waals surface area contributed by atoms with Gasteiger partial charge >= 0.3 is 5.97 Å². The van der Waals surface area contributed by atoms with Crippen LogP contribution in [0.2, 0.25) is 0 Å². The number of benzene rings is 3. The lowest BCUT2D eigenvalue weighted by Crippen LogP contribution is -2.11. The highest BCUT2D eigenvalue weighted by Gasteiger charge is 2.18. The van der Waals surface area contributed by atoms with Crippen LogP contribution in [0.3, 0.4) is 0 Å². The number of phenols is 1. The smallest absolute Gasteiger partial charge is 0.325 e. The molecule has 0 aliphatic heterocycles. The summed E-state index contributed by atoms with van der Waals surface area (Å²) in [6.07, 6.45) is 0. The summed E-state index contributed by atoms with van der Waals surface area (Å²) < 4.78 is 32.2. The number of aliphatic carboxylic acids is 1. The highest BCUT2D eigenvalue weighted by molar-refractivity contribution is 7.98. The van der Waals surface area contributed by atoms with Gasteiger partial charge in [0.05, 0.1) is 11.3 Å². The lowest BCUT2D eigenvalue weighted by Gasteiger charge is -2.17. The summed E-state index contributed by atoms with van der Waals surface area (Å²) in [4.78, 5) is 22.8. The van der Waals surface area contributed by atoms with Crippen molar-refractivity contribution in [3.05, 3.63) is 59.7 Å². The van der Waals surface area contributed by atoms with E-state index in [-0.39, 0.29) is 39.4 Å². The van der Waals surface area contributed by atoms with Crippen molar-refractivity contribution in [3.63, 3.8) is 0 Å². The average molecular weight is 530 g/mol. The van der Waals surface area contributed by atoms with E-state index in [1.54, 1.807) is 30.3 Å². The Kier molecular flexibility index (Phi) is 7.33. The zero-order chi connectivity index (χ0) is 25.8. The molecular formula is C21H17N6O7S2-. The molecule has 1 atom stereocenters. The number of carbonyl (C=O) groups excluding carboxylic acids is 1. The number of thioether (sulfide) groups is 1. The van der Waals surface area contributed by atoms with Crippen LogP contribution in [0.4, 0.5) is 5.69 Å². The van der Waals surface area contributed by atoms with E-state index in [0.29, 0.717) is 16.3 Å². The molecule has 0 bridgehead atoms. The standard InChI is InChI=1S/C21H18N6O7S2/c22-20(31)14-8-17(12-3-1-2-4-13(12)19(14)30)34-16-6-5-11(7-15(16)24-36(32)33)10-35-21-23-25-26-27(21)9-18(28)29/h1-8,24,30H,9-10H2,(H2,22,31)(H,28,29)(H,32,33)/p-1. The molecule has 13 nitrogen and oxygen atoms in total. The minimum atomic E-state index is -2.68. The van der Waals surface area contributed by atoms with Crippen molar-refractivity contribution in [3.8, 4) is 17.2 Å². The van der Waals surface area contributed by atoms with E-state index in [2.05, 4.69) is 20.2 Å². The van der Waals surface area contributed by atoms with Gasteiger partial charge in [-0.1, -0.05) is 42.1 Å². The molecule has 1 aromatic heterocycles. The van der Waals surface area contributed by atoms with Crippen molar-refractivity contribution in [2.24, 2.45) is 5.73 Å².